The summed E-state index contributed by atoms with van der Waals surface area (Å²) in [6, 6.07) is 16.2. The van der Waals surface area contributed by atoms with E-state index in [9.17, 15) is 9.59 Å². The minimum atomic E-state index is -0.537. The number of para-hydroxylation sites is 1. The van der Waals surface area contributed by atoms with Crippen molar-refractivity contribution in [3.8, 4) is 11.5 Å². The Morgan fingerprint density at radius 2 is 1.58 bits per heavy atom. The fourth-order valence-corrected chi connectivity index (χ4v) is 1.95. The van der Waals surface area contributed by atoms with Gasteiger partial charge in [-0.25, -0.2) is 0 Å². The van der Waals surface area contributed by atoms with E-state index in [-0.39, 0.29) is 12.5 Å². The Hall–Kier alpha value is -3.02. The Bertz CT molecular complexity index is 656. The number of carbonyl (C=O) groups is 2. The summed E-state index contributed by atoms with van der Waals surface area (Å²) >= 11 is 0. The summed E-state index contributed by atoms with van der Waals surface area (Å²) in [6.07, 6.45) is 0.993. The smallest absolute Gasteiger partial charge is 0.255 e. The molecule has 3 N–H and O–H groups in total. The topological polar surface area (TPSA) is 90.7 Å². The number of hydrogen-bond donors (Lipinski definition) is 2. The van der Waals surface area contributed by atoms with Crippen molar-refractivity contribution in [1.29, 1.82) is 0 Å². The Balaban J connectivity index is 1.67. The lowest BCUT2D eigenvalue weighted by Gasteiger charge is -2.08. The largest absolute Gasteiger partial charge is 0.494 e. The van der Waals surface area contributed by atoms with Crippen LogP contribution in [0.5, 0.6) is 11.5 Å². The van der Waals surface area contributed by atoms with Crippen molar-refractivity contribution in [1.82, 2.24) is 0 Å². The lowest BCUT2D eigenvalue weighted by atomic mass is 10.2. The molecule has 0 saturated heterocycles. The van der Waals surface area contributed by atoms with Gasteiger partial charge in [0.2, 0.25) is 5.91 Å². The maximum absolute atomic E-state index is 11.9. The van der Waals surface area contributed by atoms with E-state index in [4.69, 9.17) is 15.2 Å². The summed E-state index contributed by atoms with van der Waals surface area (Å²) in [5.41, 5.74) is 5.66. The van der Waals surface area contributed by atoms with E-state index in [1.54, 1.807) is 24.3 Å². The number of ether oxygens (including phenoxy) is 2. The Labute approximate surface area is 140 Å². The fraction of sp³-hybridized carbons (Fsp3) is 0.222. The molecule has 126 valence electrons. The first kappa shape index (κ1) is 17.3. The van der Waals surface area contributed by atoms with Crippen LogP contribution in [-0.4, -0.2) is 25.0 Å². The van der Waals surface area contributed by atoms with Crippen LogP contribution >= 0.6 is 0 Å². The highest BCUT2D eigenvalue weighted by Crippen LogP contribution is 2.16. The number of nitrogens with two attached hydrogens (primary N) is 1. The predicted octanol–water partition coefficient (Wildman–Crippen LogP) is 2.35. The molecule has 24 heavy (non-hydrogen) atoms. The van der Waals surface area contributed by atoms with Crippen LogP contribution in [0.25, 0.3) is 0 Å². The molecule has 0 unspecified atom stereocenters. The number of rotatable bonds is 9. The van der Waals surface area contributed by atoms with Crippen molar-refractivity contribution in [2.24, 2.45) is 5.73 Å². The SMILES string of the molecule is NC(=O)COc1ccc(NC(=O)CCCOc2ccccc2)cc1. The van der Waals surface area contributed by atoms with E-state index in [0.29, 0.717) is 30.9 Å². The monoisotopic (exact) mass is 328 g/mol. The molecule has 0 atom stereocenters. The second-order valence-corrected chi connectivity index (χ2v) is 5.09. The van der Waals surface area contributed by atoms with Crippen LogP contribution in [0.3, 0.4) is 0 Å². The van der Waals surface area contributed by atoms with Crippen LogP contribution in [0.1, 0.15) is 12.8 Å². The van der Waals surface area contributed by atoms with E-state index in [0.717, 1.165) is 5.75 Å². The molecule has 0 aliphatic heterocycles. The Morgan fingerprint density at radius 1 is 0.917 bits per heavy atom. The van der Waals surface area contributed by atoms with Gasteiger partial charge in [-0.2, -0.15) is 0 Å². The average Bonchev–Trinajstić information content (AvgIpc) is 2.59. The van der Waals surface area contributed by atoms with E-state index in [1.165, 1.54) is 0 Å². The minimum absolute atomic E-state index is 0.0857. The quantitative estimate of drug-likeness (QED) is 0.691. The molecule has 0 spiro atoms. The molecule has 2 rings (SSSR count). The molecular formula is C18H20N2O4. The number of amides is 2. The van der Waals surface area contributed by atoms with Crippen LogP contribution in [0.15, 0.2) is 54.6 Å². The van der Waals surface area contributed by atoms with Crippen LogP contribution in [0.4, 0.5) is 5.69 Å². The van der Waals surface area contributed by atoms with Gasteiger partial charge in [0.15, 0.2) is 6.61 Å². The standard InChI is InChI=1S/C18H20N2O4/c19-17(21)13-24-16-10-8-14(9-11-16)20-18(22)7-4-12-23-15-5-2-1-3-6-15/h1-3,5-6,8-11H,4,7,12-13H2,(H2,19,21)(H,20,22). The maximum Gasteiger partial charge on any atom is 0.255 e. The summed E-state index contributed by atoms with van der Waals surface area (Å²) in [6.45, 7) is 0.310. The third-order valence-corrected chi connectivity index (χ3v) is 3.08. The average molecular weight is 328 g/mol. The van der Waals surface area contributed by atoms with Crippen LogP contribution < -0.4 is 20.5 Å². The molecule has 2 aromatic carbocycles. The molecule has 0 radical (unpaired) electrons. The number of nitrogens with one attached hydrogen (secondary N) is 1. The lowest BCUT2D eigenvalue weighted by molar-refractivity contribution is -0.120. The second kappa shape index (κ2) is 9.19. The molecule has 6 heteroatoms. The first-order valence-electron chi connectivity index (χ1n) is 7.62. The highest BCUT2D eigenvalue weighted by molar-refractivity contribution is 5.90. The van der Waals surface area contributed by atoms with Gasteiger partial charge in [-0.1, -0.05) is 18.2 Å². The van der Waals surface area contributed by atoms with Gasteiger partial charge >= 0.3 is 0 Å². The number of carbonyl (C=O) groups excluding carboxylic acids is 2. The number of primary amides is 1. The fourth-order valence-electron chi connectivity index (χ4n) is 1.95. The first-order valence-corrected chi connectivity index (χ1v) is 7.62. The van der Waals surface area contributed by atoms with Gasteiger partial charge in [0.25, 0.3) is 5.91 Å². The molecule has 0 aliphatic carbocycles. The van der Waals surface area contributed by atoms with E-state index < -0.39 is 5.91 Å². The summed E-state index contributed by atoms with van der Waals surface area (Å²) in [5, 5.41) is 2.79. The van der Waals surface area contributed by atoms with Gasteiger partial charge < -0.3 is 20.5 Å². The van der Waals surface area contributed by atoms with Crippen molar-refractivity contribution >= 4 is 17.5 Å². The van der Waals surface area contributed by atoms with Gasteiger partial charge in [-0.3, -0.25) is 9.59 Å². The van der Waals surface area contributed by atoms with E-state index in [1.807, 2.05) is 30.3 Å². The minimum Gasteiger partial charge on any atom is -0.494 e. The van der Waals surface area contributed by atoms with Crippen LogP contribution in [0, 0.1) is 0 Å². The lowest BCUT2D eigenvalue weighted by Crippen LogP contribution is -2.20. The van der Waals surface area contributed by atoms with E-state index >= 15 is 0 Å². The molecule has 0 saturated carbocycles. The van der Waals surface area contributed by atoms with Crippen LogP contribution in [0.2, 0.25) is 0 Å². The van der Waals surface area contributed by atoms with E-state index in [2.05, 4.69) is 5.32 Å². The molecule has 2 amide bonds. The van der Waals surface area contributed by atoms with Crippen molar-refractivity contribution in [2.45, 2.75) is 12.8 Å². The molecule has 0 fully saturated rings. The van der Waals surface area contributed by atoms with Crippen molar-refractivity contribution in [2.75, 3.05) is 18.5 Å². The Kier molecular flexibility index (Phi) is 6.64. The molecule has 0 aliphatic rings. The zero-order chi connectivity index (χ0) is 17.2. The van der Waals surface area contributed by atoms with Crippen molar-refractivity contribution in [3.63, 3.8) is 0 Å². The van der Waals surface area contributed by atoms with Crippen molar-refractivity contribution in [3.05, 3.63) is 54.6 Å². The van der Waals surface area contributed by atoms with Gasteiger partial charge in [0.1, 0.15) is 11.5 Å². The first-order chi connectivity index (χ1) is 11.6. The maximum atomic E-state index is 11.9. The highest BCUT2D eigenvalue weighted by Gasteiger charge is 2.04. The number of benzene rings is 2. The van der Waals surface area contributed by atoms with Gasteiger partial charge in [-0.15, -0.1) is 0 Å². The third-order valence-electron chi connectivity index (χ3n) is 3.08. The molecule has 0 heterocycles. The molecule has 0 aromatic heterocycles. The third kappa shape index (κ3) is 6.39. The zero-order valence-corrected chi connectivity index (χ0v) is 13.2. The highest BCUT2D eigenvalue weighted by atomic mass is 16.5. The summed E-state index contributed by atoms with van der Waals surface area (Å²) in [7, 11) is 0. The molecule has 0 bridgehead atoms. The second-order valence-electron chi connectivity index (χ2n) is 5.09. The summed E-state index contributed by atoms with van der Waals surface area (Å²) in [5.74, 6) is 0.690. The Morgan fingerprint density at radius 3 is 2.25 bits per heavy atom. The van der Waals surface area contributed by atoms with Gasteiger partial charge in [0.05, 0.1) is 6.61 Å². The predicted molar refractivity (Wildman–Crippen MR) is 90.9 cm³/mol. The summed E-state index contributed by atoms with van der Waals surface area (Å²) in [4.78, 5) is 22.5. The molecular weight excluding hydrogens is 308 g/mol. The normalized spacial score (nSPS) is 10.0. The van der Waals surface area contributed by atoms with Crippen LogP contribution in [-0.2, 0) is 9.59 Å². The molecule has 2 aromatic rings. The van der Waals surface area contributed by atoms with Gasteiger partial charge in [0, 0.05) is 12.1 Å². The van der Waals surface area contributed by atoms with Gasteiger partial charge in [-0.05, 0) is 42.8 Å². The van der Waals surface area contributed by atoms with Crippen molar-refractivity contribution < 1.29 is 19.1 Å². The number of anilines is 1. The zero-order valence-electron chi connectivity index (χ0n) is 13.2. The molecule has 6 nitrogen and oxygen atoms in total. The number of hydrogen-bond acceptors (Lipinski definition) is 4. The summed E-state index contributed by atoms with van der Waals surface area (Å²) < 4.78 is 10.7.